The topological polar surface area (TPSA) is 72.7 Å². The Labute approximate surface area is 185 Å². The zero-order valence-corrected chi connectivity index (χ0v) is 18.1. The molecule has 4 aromatic rings. The first-order valence-electron chi connectivity index (χ1n) is 8.81. The van der Waals surface area contributed by atoms with E-state index in [1.54, 1.807) is 5.38 Å². The predicted octanol–water partition coefficient (Wildman–Crippen LogP) is 5.37. The van der Waals surface area contributed by atoms with Crippen LogP contribution in [0.2, 0.25) is 5.02 Å². The first kappa shape index (κ1) is 20.5. The van der Waals surface area contributed by atoms with Gasteiger partial charge < -0.3 is 5.32 Å². The lowest BCUT2D eigenvalue weighted by atomic mass is 10.3. The van der Waals surface area contributed by atoms with Crippen LogP contribution >= 0.6 is 34.7 Å². The molecule has 0 aliphatic carbocycles. The highest BCUT2D eigenvalue weighted by atomic mass is 35.5. The summed E-state index contributed by atoms with van der Waals surface area (Å²) in [5.41, 5.74) is 1.70. The Morgan fingerprint density at radius 3 is 2.80 bits per heavy atom. The van der Waals surface area contributed by atoms with E-state index < -0.39 is 0 Å². The standard InChI is InChI=1S/C20H15ClFN5OS2/c1-12-25-26-20(27(12)16-4-2-3-13(21)9-16)30-11-18-24-17(10-29-18)19(28)23-15-7-5-14(22)6-8-15/h2-10H,11H2,1H3,(H,23,28). The third kappa shape index (κ3) is 4.69. The summed E-state index contributed by atoms with van der Waals surface area (Å²) in [5.74, 6) is 0.583. The van der Waals surface area contributed by atoms with Crippen molar-refractivity contribution in [2.45, 2.75) is 17.8 Å². The third-order valence-electron chi connectivity index (χ3n) is 4.07. The molecule has 4 rings (SSSR count). The summed E-state index contributed by atoms with van der Waals surface area (Å²) in [6.45, 7) is 1.87. The summed E-state index contributed by atoms with van der Waals surface area (Å²) in [7, 11) is 0. The Kier molecular flexibility index (Phi) is 6.12. The average molecular weight is 460 g/mol. The maximum absolute atomic E-state index is 13.0. The maximum atomic E-state index is 13.0. The number of carbonyl (C=O) groups is 1. The van der Waals surface area contributed by atoms with E-state index in [4.69, 9.17) is 11.6 Å². The first-order valence-corrected chi connectivity index (χ1v) is 11.1. The lowest BCUT2D eigenvalue weighted by Crippen LogP contribution is -2.12. The Morgan fingerprint density at radius 1 is 1.23 bits per heavy atom. The normalized spacial score (nSPS) is 10.9. The number of amides is 1. The van der Waals surface area contributed by atoms with E-state index in [0.717, 1.165) is 16.5 Å². The highest BCUT2D eigenvalue weighted by Gasteiger charge is 2.15. The van der Waals surface area contributed by atoms with E-state index in [-0.39, 0.29) is 11.7 Å². The van der Waals surface area contributed by atoms with Gasteiger partial charge in [0, 0.05) is 16.1 Å². The molecule has 30 heavy (non-hydrogen) atoms. The van der Waals surface area contributed by atoms with Crippen molar-refractivity contribution in [1.29, 1.82) is 0 Å². The SMILES string of the molecule is Cc1nnc(SCc2nc(C(=O)Nc3ccc(F)cc3)cs2)n1-c1cccc(Cl)c1. The van der Waals surface area contributed by atoms with E-state index in [0.29, 0.717) is 27.3 Å². The molecule has 1 amide bonds. The number of thioether (sulfide) groups is 1. The van der Waals surface area contributed by atoms with Crippen LogP contribution in [0.3, 0.4) is 0 Å². The molecule has 152 valence electrons. The average Bonchev–Trinajstić information content (AvgIpc) is 3.35. The number of anilines is 1. The molecule has 0 saturated heterocycles. The molecule has 0 bridgehead atoms. The minimum atomic E-state index is -0.359. The second-order valence-corrected chi connectivity index (χ2v) is 8.54. The van der Waals surface area contributed by atoms with E-state index in [1.165, 1.54) is 47.4 Å². The number of thiazole rings is 1. The summed E-state index contributed by atoms with van der Waals surface area (Å²) < 4.78 is 14.9. The molecule has 0 atom stereocenters. The van der Waals surface area contributed by atoms with Crippen molar-refractivity contribution < 1.29 is 9.18 Å². The van der Waals surface area contributed by atoms with Gasteiger partial charge in [-0.05, 0) is 49.4 Å². The summed E-state index contributed by atoms with van der Waals surface area (Å²) >= 11 is 8.97. The van der Waals surface area contributed by atoms with Crippen LogP contribution in [0.15, 0.2) is 59.1 Å². The fraction of sp³-hybridized carbons (Fsp3) is 0.100. The molecule has 10 heteroatoms. The monoisotopic (exact) mass is 459 g/mol. The number of aromatic nitrogens is 4. The highest BCUT2D eigenvalue weighted by Crippen LogP contribution is 2.27. The Bertz CT molecular complexity index is 1190. The van der Waals surface area contributed by atoms with E-state index in [2.05, 4.69) is 20.5 Å². The molecule has 2 aromatic carbocycles. The molecule has 0 unspecified atom stereocenters. The van der Waals surface area contributed by atoms with Crippen LogP contribution < -0.4 is 5.32 Å². The van der Waals surface area contributed by atoms with Gasteiger partial charge in [0.15, 0.2) is 5.16 Å². The summed E-state index contributed by atoms with van der Waals surface area (Å²) in [6, 6.07) is 13.1. The van der Waals surface area contributed by atoms with Gasteiger partial charge in [0.25, 0.3) is 5.91 Å². The summed E-state index contributed by atoms with van der Waals surface area (Å²) in [5, 5.41) is 14.9. The molecule has 6 nitrogen and oxygen atoms in total. The molecule has 0 spiro atoms. The number of benzene rings is 2. The fourth-order valence-electron chi connectivity index (χ4n) is 2.69. The number of carbonyl (C=O) groups excluding carboxylic acids is 1. The molecular formula is C20H15ClFN5OS2. The summed E-state index contributed by atoms with van der Waals surface area (Å²) in [6.07, 6.45) is 0. The van der Waals surface area contributed by atoms with Crippen molar-refractivity contribution >= 4 is 46.3 Å². The van der Waals surface area contributed by atoms with Crippen LogP contribution in [0.1, 0.15) is 21.3 Å². The number of halogens is 2. The van der Waals surface area contributed by atoms with Gasteiger partial charge in [-0.3, -0.25) is 9.36 Å². The van der Waals surface area contributed by atoms with E-state index in [1.807, 2.05) is 35.8 Å². The second kappa shape index (κ2) is 8.95. The molecule has 0 aliphatic rings. The minimum Gasteiger partial charge on any atom is -0.321 e. The van der Waals surface area contributed by atoms with Gasteiger partial charge in [-0.1, -0.05) is 29.4 Å². The Hall–Kier alpha value is -2.75. The number of nitrogens with zero attached hydrogens (tertiary/aromatic N) is 4. The highest BCUT2D eigenvalue weighted by molar-refractivity contribution is 7.98. The van der Waals surface area contributed by atoms with Crippen LogP contribution in [0.4, 0.5) is 10.1 Å². The van der Waals surface area contributed by atoms with Crippen LogP contribution in [0.5, 0.6) is 0 Å². The van der Waals surface area contributed by atoms with Gasteiger partial charge in [-0.15, -0.1) is 21.5 Å². The number of rotatable bonds is 6. The molecule has 2 heterocycles. The van der Waals surface area contributed by atoms with Crippen molar-refractivity contribution in [3.8, 4) is 5.69 Å². The number of hydrogen-bond acceptors (Lipinski definition) is 6. The second-order valence-electron chi connectivity index (χ2n) is 6.22. The number of hydrogen-bond donors (Lipinski definition) is 1. The van der Waals surface area contributed by atoms with E-state index in [9.17, 15) is 9.18 Å². The smallest absolute Gasteiger partial charge is 0.275 e. The number of nitrogens with one attached hydrogen (secondary N) is 1. The molecule has 0 radical (unpaired) electrons. The fourth-order valence-corrected chi connectivity index (χ4v) is 4.66. The van der Waals surface area contributed by atoms with Gasteiger partial charge in [-0.25, -0.2) is 9.37 Å². The molecular weight excluding hydrogens is 445 g/mol. The first-order chi connectivity index (χ1) is 14.5. The Balaban J connectivity index is 1.44. The van der Waals surface area contributed by atoms with Crippen molar-refractivity contribution in [2.24, 2.45) is 0 Å². The Morgan fingerprint density at radius 2 is 2.03 bits per heavy atom. The van der Waals surface area contributed by atoms with E-state index >= 15 is 0 Å². The molecule has 0 fully saturated rings. The van der Waals surface area contributed by atoms with Crippen molar-refractivity contribution in [2.75, 3.05) is 5.32 Å². The van der Waals surface area contributed by atoms with Gasteiger partial charge in [0.2, 0.25) is 0 Å². The quantitative estimate of drug-likeness (QED) is 0.392. The van der Waals surface area contributed by atoms with Crippen molar-refractivity contribution in [3.63, 3.8) is 0 Å². The zero-order chi connectivity index (χ0) is 21.1. The van der Waals surface area contributed by atoms with Crippen molar-refractivity contribution in [1.82, 2.24) is 19.7 Å². The molecule has 1 N–H and O–H groups in total. The third-order valence-corrected chi connectivity index (χ3v) is 6.28. The van der Waals surface area contributed by atoms with Gasteiger partial charge in [-0.2, -0.15) is 0 Å². The molecule has 0 aliphatic heterocycles. The minimum absolute atomic E-state index is 0.312. The lowest BCUT2D eigenvalue weighted by Gasteiger charge is -2.08. The van der Waals surface area contributed by atoms with Crippen LogP contribution in [-0.4, -0.2) is 25.7 Å². The van der Waals surface area contributed by atoms with Crippen molar-refractivity contribution in [3.05, 3.63) is 81.3 Å². The summed E-state index contributed by atoms with van der Waals surface area (Å²) in [4.78, 5) is 16.7. The van der Waals surface area contributed by atoms with Gasteiger partial charge in [0.1, 0.15) is 22.3 Å². The number of aryl methyl sites for hydroxylation is 1. The van der Waals surface area contributed by atoms with Crippen LogP contribution in [0.25, 0.3) is 5.69 Å². The maximum Gasteiger partial charge on any atom is 0.275 e. The van der Waals surface area contributed by atoms with Gasteiger partial charge in [0.05, 0.1) is 11.4 Å². The zero-order valence-electron chi connectivity index (χ0n) is 15.7. The van der Waals surface area contributed by atoms with Crippen LogP contribution in [0, 0.1) is 12.7 Å². The van der Waals surface area contributed by atoms with Gasteiger partial charge >= 0.3 is 0 Å². The molecule has 2 aromatic heterocycles. The largest absolute Gasteiger partial charge is 0.321 e. The molecule has 0 saturated carbocycles. The predicted molar refractivity (Wildman–Crippen MR) is 117 cm³/mol. The van der Waals surface area contributed by atoms with Crippen LogP contribution in [-0.2, 0) is 5.75 Å². The lowest BCUT2D eigenvalue weighted by molar-refractivity contribution is 0.102.